The highest BCUT2D eigenvalue weighted by molar-refractivity contribution is 7.13. The molecule has 0 saturated carbocycles. The quantitative estimate of drug-likeness (QED) is 0.626. The van der Waals surface area contributed by atoms with Crippen molar-refractivity contribution in [1.29, 1.82) is 0 Å². The van der Waals surface area contributed by atoms with E-state index in [-0.39, 0.29) is 5.91 Å². The van der Waals surface area contributed by atoms with Crippen LogP contribution in [0.25, 0.3) is 16.6 Å². The predicted octanol–water partition coefficient (Wildman–Crippen LogP) is 4.16. The topological polar surface area (TPSA) is 60.5 Å². The lowest BCUT2D eigenvalue weighted by Gasteiger charge is -2.08. The fourth-order valence-corrected chi connectivity index (χ4v) is 3.34. The highest BCUT2D eigenvalue weighted by atomic mass is 32.1. The predicted molar refractivity (Wildman–Crippen MR) is 108 cm³/mol. The minimum Gasteiger partial charge on any atom is -0.493 e. The summed E-state index contributed by atoms with van der Waals surface area (Å²) >= 11 is 1.63. The standard InChI is InChI=1S/C21H20N2O3S/c1-25-17-9-7-15(13-18(17)26-2)8-10-20(24)23-14-16-5-3-11-22-21(16)19-6-4-12-27-19/h3-13H,14H2,1-2H3,(H,23,24)/b10-8+. The summed E-state index contributed by atoms with van der Waals surface area (Å²) < 4.78 is 10.5. The smallest absolute Gasteiger partial charge is 0.244 e. The van der Waals surface area contributed by atoms with Crippen molar-refractivity contribution in [2.75, 3.05) is 14.2 Å². The number of ether oxygens (including phenoxy) is 2. The molecule has 1 N–H and O–H groups in total. The summed E-state index contributed by atoms with van der Waals surface area (Å²) in [6.45, 7) is 0.413. The summed E-state index contributed by atoms with van der Waals surface area (Å²) in [6, 6.07) is 13.3. The van der Waals surface area contributed by atoms with E-state index in [0.29, 0.717) is 18.0 Å². The van der Waals surface area contributed by atoms with Gasteiger partial charge < -0.3 is 14.8 Å². The van der Waals surface area contributed by atoms with Gasteiger partial charge in [0, 0.05) is 18.8 Å². The van der Waals surface area contributed by atoms with E-state index in [1.165, 1.54) is 6.08 Å². The zero-order valence-electron chi connectivity index (χ0n) is 15.1. The molecule has 0 spiro atoms. The van der Waals surface area contributed by atoms with Crippen molar-refractivity contribution >= 4 is 23.3 Å². The van der Waals surface area contributed by atoms with Crippen LogP contribution in [0.5, 0.6) is 11.5 Å². The lowest BCUT2D eigenvalue weighted by Crippen LogP contribution is -2.20. The summed E-state index contributed by atoms with van der Waals surface area (Å²) in [4.78, 5) is 17.7. The van der Waals surface area contributed by atoms with Crippen molar-refractivity contribution in [2.24, 2.45) is 0 Å². The van der Waals surface area contributed by atoms with Crippen LogP contribution in [-0.4, -0.2) is 25.1 Å². The number of pyridine rings is 1. The van der Waals surface area contributed by atoms with Gasteiger partial charge in [-0.1, -0.05) is 18.2 Å². The third-order valence-electron chi connectivity index (χ3n) is 3.93. The zero-order valence-corrected chi connectivity index (χ0v) is 16.0. The SMILES string of the molecule is COc1ccc(/C=C/C(=O)NCc2cccnc2-c2cccs2)cc1OC. The van der Waals surface area contributed by atoms with Crippen molar-refractivity contribution in [3.05, 3.63) is 71.2 Å². The Balaban J connectivity index is 1.65. The molecule has 3 rings (SSSR count). The molecule has 0 unspecified atom stereocenters. The Labute approximate surface area is 162 Å². The first-order valence-electron chi connectivity index (χ1n) is 8.37. The molecule has 0 saturated heterocycles. The van der Waals surface area contributed by atoms with Crippen LogP contribution in [0.15, 0.2) is 60.1 Å². The number of benzene rings is 1. The van der Waals surface area contributed by atoms with Crippen molar-refractivity contribution in [3.63, 3.8) is 0 Å². The van der Waals surface area contributed by atoms with Gasteiger partial charge in [0.1, 0.15) is 0 Å². The average molecular weight is 380 g/mol. The average Bonchev–Trinajstić information content (AvgIpc) is 3.25. The number of nitrogens with one attached hydrogen (secondary N) is 1. The number of carbonyl (C=O) groups excluding carboxylic acids is 1. The molecule has 5 nitrogen and oxygen atoms in total. The summed E-state index contributed by atoms with van der Waals surface area (Å²) in [5, 5.41) is 4.92. The van der Waals surface area contributed by atoms with Gasteiger partial charge in [0.2, 0.25) is 5.91 Å². The van der Waals surface area contributed by atoms with E-state index in [4.69, 9.17) is 9.47 Å². The number of hydrogen-bond acceptors (Lipinski definition) is 5. The number of aromatic nitrogens is 1. The van der Waals surface area contributed by atoms with Gasteiger partial charge in [-0.05, 0) is 46.8 Å². The second kappa shape index (κ2) is 9.00. The van der Waals surface area contributed by atoms with E-state index in [1.54, 1.807) is 43.9 Å². The second-order valence-electron chi connectivity index (χ2n) is 5.65. The highest BCUT2D eigenvalue weighted by Crippen LogP contribution is 2.28. The molecule has 1 aromatic carbocycles. The summed E-state index contributed by atoms with van der Waals surface area (Å²) in [5.41, 5.74) is 2.73. The number of rotatable bonds is 7. The number of carbonyl (C=O) groups is 1. The first-order chi connectivity index (χ1) is 13.2. The van der Waals surface area contributed by atoms with Crippen molar-refractivity contribution < 1.29 is 14.3 Å². The molecule has 0 radical (unpaired) electrons. The molecule has 1 amide bonds. The maximum atomic E-state index is 12.2. The van der Waals surface area contributed by atoms with Crippen molar-refractivity contribution in [3.8, 4) is 22.1 Å². The van der Waals surface area contributed by atoms with Crippen LogP contribution in [-0.2, 0) is 11.3 Å². The first-order valence-corrected chi connectivity index (χ1v) is 9.25. The molecule has 2 heterocycles. The largest absolute Gasteiger partial charge is 0.493 e. The lowest BCUT2D eigenvalue weighted by molar-refractivity contribution is -0.116. The van der Waals surface area contributed by atoms with E-state index in [9.17, 15) is 4.79 Å². The highest BCUT2D eigenvalue weighted by Gasteiger charge is 2.08. The maximum Gasteiger partial charge on any atom is 0.244 e. The van der Waals surface area contributed by atoms with Gasteiger partial charge in [-0.25, -0.2) is 0 Å². The monoisotopic (exact) mass is 380 g/mol. The fraction of sp³-hybridized carbons (Fsp3) is 0.143. The van der Waals surface area contributed by atoms with Crippen LogP contribution in [0.1, 0.15) is 11.1 Å². The van der Waals surface area contributed by atoms with Crippen LogP contribution < -0.4 is 14.8 Å². The molecule has 0 fully saturated rings. The Morgan fingerprint density at radius 3 is 2.74 bits per heavy atom. The Kier molecular flexibility index (Phi) is 6.22. The normalized spacial score (nSPS) is 10.7. The van der Waals surface area contributed by atoms with Crippen molar-refractivity contribution in [1.82, 2.24) is 10.3 Å². The van der Waals surface area contributed by atoms with E-state index in [2.05, 4.69) is 10.3 Å². The Morgan fingerprint density at radius 1 is 1.15 bits per heavy atom. The van der Waals surface area contributed by atoms with Gasteiger partial charge >= 0.3 is 0 Å². The van der Waals surface area contributed by atoms with Gasteiger partial charge in [-0.15, -0.1) is 11.3 Å². The summed E-state index contributed by atoms with van der Waals surface area (Å²) in [5.74, 6) is 1.10. The first kappa shape index (κ1) is 18.7. The number of methoxy groups -OCH3 is 2. The summed E-state index contributed by atoms with van der Waals surface area (Å²) in [6.07, 6.45) is 5.00. The lowest BCUT2D eigenvalue weighted by atomic mass is 10.1. The molecule has 27 heavy (non-hydrogen) atoms. The minimum absolute atomic E-state index is 0.175. The van der Waals surface area contributed by atoms with E-state index in [0.717, 1.165) is 21.7 Å². The molecule has 0 bridgehead atoms. The van der Waals surface area contributed by atoms with Crippen molar-refractivity contribution in [2.45, 2.75) is 6.54 Å². The van der Waals surface area contributed by atoms with Crippen LogP contribution >= 0.6 is 11.3 Å². The molecule has 6 heteroatoms. The molecular weight excluding hydrogens is 360 g/mol. The zero-order chi connectivity index (χ0) is 19.1. The van der Waals surface area contributed by atoms with Crippen LogP contribution in [0.4, 0.5) is 0 Å². The van der Waals surface area contributed by atoms with Gasteiger partial charge in [0.05, 0.1) is 24.8 Å². The fourth-order valence-electron chi connectivity index (χ4n) is 2.59. The van der Waals surface area contributed by atoms with Crippen LogP contribution in [0, 0.1) is 0 Å². The molecule has 2 aromatic heterocycles. The Hall–Kier alpha value is -3.12. The number of thiophene rings is 1. The van der Waals surface area contributed by atoms with Gasteiger partial charge in [0.15, 0.2) is 11.5 Å². The number of hydrogen-bond donors (Lipinski definition) is 1. The summed E-state index contributed by atoms with van der Waals surface area (Å²) in [7, 11) is 3.17. The minimum atomic E-state index is -0.175. The molecule has 0 aliphatic heterocycles. The van der Waals surface area contributed by atoms with Gasteiger partial charge in [-0.2, -0.15) is 0 Å². The molecule has 0 aliphatic rings. The number of amides is 1. The van der Waals surface area contributed by atoms with Gasteiger partial charge in [0.25, 0.3) is 0 Å². The molecule has 138 valence electrons. The van der Waals surface area contributed by atoms with Crippen LogP contribution in [0.3, 0.4) is 0 Å². The Morgan fingerprint density at radius 2 is 2.00 bits per heavy atom. The van der Waals surface area contributed by atoms with E-state index < -0.39 is 0 Å². The second-order valence-corrected chi connectivity index (χ2v) is 6.60. The van der Waals surface area contributed by atoms with Gasteiger partial charge in [-0.3, -0.25) is 9.78 Å². The third-order valence-corrected chi connectivity index (χ3v) is 4.81. The van der Waals surface area contributed by atoms with Crippen LogP contribution in [0.2, 0.25) is 0 Å². The molecule has 0 aliphatic carbocycles. The number of nitrogens with zero attached hydrogens (tertiary/aromatic N) is 1. The molecule has 0 atom stereocenters. The Bertz CT molecular complexity index is 936. The molecular formula is C21H20N2O3S. The van der Waals surface area contributed by atoms with E-state index >= 15 is 0 Å². The molecule has 3 aromatic rings. The maximum absolute atomic E-state index is 12.2. The third kappa shape index (κ3) is 4.74. The van der Waals surface area contributed by atoms with E-state index in [1.807, 2.05) is 41.8 Å².